The van der Waals surface area contributed by atoms with Gasteiger partial charge in [-0.25, -0.2) is 0 Å². The highest BCUT2D eigenvalue weighted by Gasteiger charge is 1.96. The molecule has 0 aromatic carbocycles. The third-order valence-electron chi connectivity index (χ3n) is 1.48. The molecule has 0 aromatic rings. The zero-order valence-corrected chi connectivity index (χ0v) is 10.1. The summed E-state index contributed by atoms with van der Waals surface area (Å²) in [6, 6.07) is 0. The third kappa shape index (κ3) is 17.9. The summed E-state index contributed by atoms with van der Waals surface area (Å²) in [6.45, 7) is 2.11. The van der Waals surface area contributed by atoms with Gasteiger partial charge in [-0.2, -0.15) is 0 Å². The van der Waals surface area contributed by atoms with Gasteiger partial charge < -0.3 is 0 Å². The lowest BCUT2D eigenvalue weighted by atomic mass is 10.1. The molecular weight excluding hydrogens is 223 g/mol. The predicted molar refractivity (Wildman–Crippen MR) is 61.3 cm³/mol. The van der Waals surface area contributed by atoms with Crippen molar-refractivity contribution in [2.24, 2.45) is 0 Å². The monoisotopic (exact) mass is 240 g/mol. The maximum Gasteiger partial charge on any atom is 0.195 e. The molecule has 0 rings (SSSR count). The van der Waals surface area contributed by atoms with Crippen molar-refractivity contribution in [3.05, 3.63) is 0 Å². The molecule has 0 radical (unpaired) electrons. The molecular formula is C10H18Cl2O2. The van der Waals surface area contributed by atoms with Gasteiger partial charge in [0.25, 0.3) is 0 Å². The average Bonchev–Trinajstić information content (AvgIpc) is 2.24. The lowest BCUT2D eigenvalue weighted by molar-refractivity contribution is -0.129. The maximum atomic E-state index is 10.4. The molecule has 0 saturated carbocycles. The molecule has 0 saturated heterocycles. The van der Waals surface area contributed by atoms with Crippen molar-refractivity contribution in [3.8, 4) is 0 Å². The normalized spacial score (nSPS) is 8.79. The Morgan fingerprint density at radius 2 is 1.71 bits per heavy atom. The van der Waals surface area contributed by atoms with Crippen LogP contribution in [0.25, 0.3) is 0 Å². The van der Waals surface area contributed by atoms with Crippen LogP contribution in [-0.2, 0) is 9.59 Å². The highest BCUT2D eigenvalue weighted by atomic mass is 35.5. The maximum absolute atomic E-state index is 10.4. The molecule has 0 aromatic heterocycles. The molecule has 14 heavy (non-hydrogen) atoms. The molecule has 0 bridgehead atoms. The van der Waals surface area contributed by atoms with E-state index in [2.05, 4.69) is 6.92 Å². The van der Waals surface area contributed by atoms with Crippen LogP contribution in [0, 0.1) is 0 Å². The van der Waals surface area contributed by atoms with Crippen molar-refractivity contribution < 1.29 is 9.59 Å². The molecule has 84 valence electrons. The van der Waals surface area contributed by atoms with Gasteiger partial charge in [-0.1, -0.05) is 26.2 Å². The van der Waals surface area contributed by atoms with Crippen LogP contribution in [-0.4, -0.2) is 23.8 Å². The van der Waals surface area contributed by atoms with Gasteiger partial charge in [0.2, 0.25) is 0 Å². The van der Waals surface area contributed by atoms with E-state index in [1.165, 1.54) is 0 Å². The predicted octanol–water partition coefficient (Wildman–Crippen LogP) is 3.19. The van der Waals surface area contributed by atoms with Crippen molar-refractivity contribution in [1.29, 1.82) is 0 Å². The second kappa shape index (κ2) is 15.4. The molecule has 0 aliphatic rings. The molecule has 4 heteroatoms. The van der Waals surface area contributed by atoms with Crippen LogP contribution in [0.1, 0.15) is 39.0 Å². The highest BCUT2D eigenvalue weighted by molar-refractivity contribution is 6.26. The fourth-order valence-corrected chi connectivity index (χ4v) is 0.785. The van der Waals surface area contributed by atoms with Gasteiger partial charge in [0.15, 0.2) is 12.1 Å². The summed E-state index contributed by atoms with van der Waals surface area (Å²) >= 11 is 10.1. The minimum atomic E-state index is -0.267. The molecule has 0 fully saturated rings. The molecule has 0 atom stereocenters. The fraction of sp³-hybridized carbons (Fsp3) is 0.800. The van der Waals surface area contributed by atoms with Gasteiger partial charge in [0, 0.05) is 18.2 Å². The van der Waals surface area contributed by atoms with Crippen LogP contribution >= 0.6 is 23.2 Å². The van der Waals surface area contributed by atoms with Crippen molar-refractivity contribution in [2.45, 2.75) is 39.0 Å². The summed E-state index contributed by atoms with van der Waals surface area (Å²) in [7, 11) is 0. The van der Waals surface area contributed by atoms with Gasteiger partial charge in [-0.3, -0.25) is 9.59 Å². The van der Waals surface area contributed by atoms with Gasteiger partial charge in [-0.15, -0.1) is 23.2 Å². The van der Waals surface area contributed by atoms with Gasteiger partial charge >= 0.3 is 0 Å². The van der Waals surface area contributed by atoms with Crippen molar-refractivity contribution in [1.82, 2.24) is 0 Å². The Morgan fingerprint density at radius 3 is 2.07 bits per heavy atom. The average molecular weight is 241 g/mol. The molecule has 2 nitrogen and oxygen atoms in total. The number of Topliss-reactive ketones (excluding diaryl/α,β-unsaturated/α-hetero) is 1. The van der Waals surface area contributed by atoms with Crippen molar-refractivity contribution in [2.75, 3.05) is 11.8 Å². The standard InChI is InChI=1S/C8H14O2.C2H4Cl2/c1-2-3-4-5-6-8(10)7-9;3-1-2-4/h7H,2-6H2,1H3;1-2H2. The summed E-state index contributed by atoms with van der Waals surface area (Å²) in [6.07, 6.45) is 5.10. The lowest BCUT2D eigenvalue weighted by Crippen LogP contribution is -1.97. The SMILES string of the molecule is CCCCCCC(=O)C=O.ClCCCl. The summed E-state index contributed by atoms with van der Waals surface area (Å²) in [4.78, 5) is 20.2. The van der Waals surface area contributed by atoms with Gasteiger partial charge in [-0.05, 0) is 6.42 Å². The zero-order chi connectivity index (χ0) is 11.2. The van der Waals surface area contributed by atoms with Crippen LogP contribution in [0.4, 0.5) is 0 Å². The van der Waals surface area contributed by atoms with Crippen LogP contribution in [0.15, 0.2) is 0 Å². The van der Waals surface area contributed by atoms with E-state index in [1.807, 2.05) is 0 Å². The Bertz CT molecular complexity index is 136. The second-order valence-electron chi connectivity index (χ2n) is 2.77. The minimum Gasteiger partial charge on any atom is -0.295 e. The summed E-state index contributed by atoms with van der Waals surface area (Å²) in [5, 5.41) is 0. The summed E-state index contributed by atoms with van der Waals surface area (Å²) < 4.78 is 0. The van der Waals surface area contributed by atoms with E-state index in [0.717, 1.165) is 25.7 Å². The quantitative estimate of drug-likeness (QED) is 0.297. The van der Waals surface area contributed by atoms with E-state index in [1.54, 1.807) is 0 Å². The van der Waals surface area contributed by atoms with E-state index in [0.29, 0.717) is 24.5 Å². The zero-order valence-electron chi connectivity index (χ0n) is 8.60. The third-order valence-corrected chi connectivity index (χ3v) is 2.05. The van der Waals surface area contributed by atoms with Crippen LogP contribution in [0.5, 0.6) is 0 Å². The largest absolute Gasteiger partial charge is 0.295 e. The van der Waals surface area contributed by atoms with E-state index in [9.17, 15) is 9.59 Å². The molecule has 0 N–H and O–H groups in total. The van der Waals surface area contributed by atoms with Crippen molar-refractivity contribution >= 4 is 35.3 Å². The first-order valence-electron chi connectivity index (χ1n) is 4.82. The van der Waals surface area contributed by atoms with E-state index in [4.69, 9.17) is 23.2 Å². The Labute approximate surface area is 96.0 Å². The topological polar surface area (TPSA) is 34.1 Å². The fourth-order valence-electron chi connectivity index (χ4n) is 0.785. The molecule has 0 amide bonds. The molecule has 0 unspecified atom stereocenters. The number of alkyl halides is 2. The smallest absolute Gasteiger partial charge is 0.195 e. The number of aldehydes is 1. The Morgan fingerprint density at radius 1 is 1.14 bits per heavy atom. The summed E-state index contributed by atoms with van der Waals surface area (Å²) in [5.74, 6) is 0.847. The molecule has 0 aliphatic heterocycles. The Balaban J connectivity index is 0. The number of carbonyl (C=O) groups excluding carboxylic acids is 2. The molecule has 0 spiro atoms. The highest BCUT2D eigenvalue weighted by Crippen LogP contribution is 2.01. The van der Waals surface area contributed by atoms with Crippen LogP contribution in [0.2, 0.25) is 0 Å². The van der Waals surface area contributed by atoms with E-state index in [-0.39, 0.29) is 5.78 Å². The molecule has 0 heterocycles. The second-order valence-corrected chi connectivity index (χ2v) is 3.53. The number of hydrogen-bond donors (Lipinski definition) is 0. The van der Waals surface area contributed by atoms with Gasteiger partial charge in [0.1, 0.15) is 0 Å². The summed E-state index contributed by atoms with van der Waals surface area (Å²) in [5.41, 5.74) is 0. The van der Waals surface area contributed by atoms with Crippen molar-refractivity contribution in [3.63, 3.8) is 0 Å². The number of unbranched alkanes of at least 4 members (excludes halogenated alkanes) is 3. The number of hydrogen-bond acceptors (Lipinski definition) is 2. The minimum absolute atomic E-state index is 0.267. The number of rotatable bonds is 7. The number of ketones is 1. The first kappa shape index (κ1) is 16.4. The Hall–Kier alpha value is -0.0800. The van der Waals surface area contributed by atoms with Gasteiger partial charge in [0.05, 0.1) is 0 Å². The first-order valence-corrected chi connectivity index (χ1v) is 5.89. The number of halogens is 2. The first-order chi connectivity index (χ1) is 6.72. The van der Waals surface area contributed by atoms with Crippen LogP contribution in [0.3, 0.4) is 0 Å². The number of carbonyl (C=O) groups is 2. The van der Waals surface area contributed by atoms with Crippen LogP contribution < -0.4 is 0 Å². The molecule has 0 aliphatic carbocycles. The van der Waals surface area contributed by atoms with E-state index >= 15 is 0 Å². The Kier molecular flexibility index (Phi) is 18.0. The van der Waals surface area contributed by atoms with E-state index < -0.39 is 0 Å². The lowest BCUT2D eigenvalue weighted by Gasteiger charge is -1.93.